The predicted molar refractivity (Wildman–Crippen MR) is 83.9 cm³/mol. The Morgan fingerprint density at radius 3 is 2.14 bits per heavy atom. The first-order valence-electron chi connectivity index (χ1n) is 6.77. The van der Waals surface area contributed by atoms with Crippen LogP contribution in [0.15, 0.2) is 59.5 Å². The fourth-order valence-electron chi connectivity index (χ4n) is 2.21. The minimum atomic E-state index is -3.73. The van der Waals surface area contributed by atoms with Gasteiger partial charge in [-0.05, 0) is 36.8 Å². The predicted octanol–water partition coefficient (Wildman–Crippen LogP) is 1.92. The van der Waals surface area contributed by atoms with Crippen molar-refractivity contribution in [1.82, 2.24) is 4.31 Å². The van der Waals surface area contributed by atoms with E-state index in [0.717, 1.165) is 4.31 Å². The van der Waals surface area contributed by atoms with Crippen molar-refractivity contribution in [3.63, 3.8) is 0 Å². The molecule has 0 radical (unpaired) electrons. The molecule has 0 aliphatic heterocycles. The molecule has 0 heterocycles. The molecule has 118 valence electrons. The highest BCUT2D eigenvalue weighted by molar-refractivity contribution is 7.89. The van der Waals surface area contributed by atoms with Crippen molar-refractivity contribution in [2.45, 2.75) is 17.4 Å². The van der Waals surface area contributed by atoms with Crippen molar-refractivity contribution in [2.24, 2.45) is 0 Å². The largest absolute Gasteiger partial charge is 0.508 e. The van der Waals surface area contributed by atoms with Crippen LogP contribution in [0.4, 0.5) is 0 Å². The molecule has 1 atom stereocenters. The molecular weight excluding hydrogens is 302 g/mol. The van der Waals surface area contributed by atoms with Crippen LogP contribution in [0.3, 0.4) is 0 Å². The van der Waals surface area contributed by atoms with Crippen molar-refractivity contribution >= 4 is 10.0 Å². The van der Waals surface area contributed by atoms with Gasteiger partial charge in [-0.2, -0.15) is 4.31 Å². The monoisotopic (exact) mass is 321 g/mol. The van der Waals surface area contributed by atoms with E-state index >= 15 is 0 Å². The first-order chi connectivity index (χ1) is 10.2. The second kappa shape index (κ2) is 6.08. The lowest BCUT2D eigenvalue weighted by Gasteiger charge is -2.29. The van der Waals surface area contributed by atoms with Gasteiger partial charge in [-0.3, -0.25) is 0 Å². The SMILES string of the molecule is CN(CC(C)(O)c1ccccc1)S(=O)(=O)c1ccc(O)cc1. The van der Waals surface area contributed by atoms with Crippen molar-refractivity contribution in [2.75, 3.05) is 13.6 Å². The van der Waals surface area contributed by atoms with E-state index < -0.39 is 15.6 Å². The summed E-state index contributed by atoms with van der Waals surface area (Å²) in [7, 11) is -2.32. The van der Waals surface area contributed by atoms with E-state index in [2.05, 4.69) is 0 Å². The Bertz CT molecular complexity index is 725. The minimum Gasteiger partial charge on any atom is -0.508 e. The molecule has 0 saturated carbocycles. The van der Waals surface area contributed by atoms with E-state index in [1.165, 1.54) is 31.3 Å². The molecule has 0 aromatic heterocycles. The molecule has 1 unspecified atom stereocenters. The summed E-state index contributed by atoms with van der Waals surface area (Å²) in [6.07, 6.45) is 0. The van der Waals surface area contributed by atoms with Crippen LogP contribution in [0.25, 0.3) is 0 Å². The van der Waals surface area contributed by atoms with Crippen molar-refractivity contribution in [3.8, 4) is 5.75 Å². The van der Waals surface area contributed by atoms with Crippen LogP contribution >= 0.6 is 0 Å². The molecular formula is C16H19NO4S. The molecule has 2 aromatic carbocycles. The summed E-state index contributed by atoms with van der Waals surface area (Å²) in [5.41, 5.74) is -0.664. The summed E-state index contributed by atoms with van der Waals surface area (Å²) >= 11 is 0. The lowest BCUT2D eigenvalue weighted by atomic mass is 9.96. The van der Waals surface area contributed by atoms with Gasteiger partial charge in [0.2, 0.25) is 10.0 Å². The highest BCUT2D eigenvalue weighted by Gasteiger charge is 2.30. The Balaban J connectivity index is 2.24. The van der Waals surface area contributed by atoms with Crippen molar-refractivity contribution in [3.05, 3.63) is 60.2 Å². The van der Waals surface area contributed by atoms with E-state index in [4.69, 9.17) is 0 Å². The summed E-state index contributed by atoms with van der Waals surface area (Å²) in [6.45, 7) is 1.49. The number of hydrogen-bond donors (Lipinski definition) is 2. The number of phenols is 1. The summed E-state index contributed by atoms with van der Waals surface area (Å²) in [5, 5.41) is 19.8. The molecule has 22 heavy (non-hydrogen) atoms. The molecule has 0 amide bonds. The standard InChI is InChI=1S/C16H19NO4S/c1-16(19,13-6-4-3-5-7-13)12-17(2)22(20,21)15-10-8-14(18)9-11-15/h3-11,18-19H,12H2,1-2H3. The van der Waals surface area contributed by atoms with Crippen LogP contribution in [-0.4, -0.2) is 36.5 Å². The van der Waals surface area contributed by atoms with Crippen LogP contribution < -0.4 is 0 Å². The third kappa shape index (κ3) is 3.47. The van der Waals surface area contributed by atoms with Crippen molar-refractivity contribution in [1.29, 1.82) is 0 Å². The maximum atomic E-state index is 12.5. The number of likely N-dealkylation sites (N-methyl/N-ethyl adjacent to an activating group) is 1. The normalized spacial score (nSPS) is 14.7. The zero-order valence-corrected chi connectivity index (χ0v) is 13.3. The molecule has 2 N–H and O–H groups in total. The van der Waals surface area contributed by atoms with Gasteiger partial charge in [-0.25, -0.2) is 8.42 Å². The second-order valence-electron chi connectivity index (χ2n) is 5.39. The van der Waals surface area contributed by atoms with Gasteiger partial charge in [0.15, 0.2) is 0 Å². The molecule has 0 spiro atoms. The molecule has 0 aliphatic carbocycles. The Labute approximate surface area is 130 Å². The molecule has 0 fully saturated rings. The number of hydrogen-bond acceptors (Lipinski definition) is 4. The number of sulfonamides is 1. The van der Waals surface area contributed by atoms with Crippen LogP contribution in [-0.2, 0) is 15.6 Å². The van der Waals surface area contributed by atoms with Crippen molar-refractivity contribution < 1.29 is 18.6 Å². The quantitative estimate of drug-likeness (QED) is 0.882. The topological polar surface area (TPSA) is 77.8 Å². The molecule has 6 heteroatoms. The molecule has 0 bridgehead atoms. The number of aliphatic hydroxyl groups is 1. The van der Waals surface area contributed by atoms with E-state index in [-0.39, 0.29) is 17.2 Å². The summed E-state index contributed by atoms with van der Waals surface area (Å²) in [6, 6.07) is 14.2. The molecule has 0 aliphatic rings. The van der Waals surface area contributed by atoms with E-state index in [0.29, 0.717) is 5.56 Å². The third-order valence-corrected chi connectivity index (χ3v) is 5.29. The van der Waals surface area contributed by atoms with Gasteiger partial charge in [0.1, 0.15) is 11.4 Å². The van der Waals surface area contributed by atoms with Gasteiger partial charge in [-0.15, -0.1) is 0 Å². The Hall–Kier alpha value is -1.89. The summed E-state index contributed by atoms with van der Waals surface area (Å²) in [5.74, 6) is -0.00196. The number of phenolic OH excluding ortho intramolecular Hbond substituents is 1. The van der Waals surface area contributed by atoms with Crippen LogP contribution in [0.5, 0.6) is 5.75 Å². The Kier molecular flexibility index (Phi) is 4.55. The number of aromatic hydroxyl groups is 1. The molecule has 0 saturated heterocycles. The minimum absolute atomic E-state index is 0.00196. The highest BCUT2D eigenvalue weighted by atomic mass is 32.2. The average molecular weight is 321 g/mol. The zero-order chi connectivity index (χ0) is 16.4. The fourth-order valence-corrected chi connectivity index (χ4v) is 3.47. The molecule has 2 rings (SSSR count). The van der Waals surface area contributed by atoms with Gasteiger partial charge < -0.3 is 10.2 Å². The van der Waals surface area contributed by atoms with Gasteiger partial charge in [0.05, 0.1) is 4.90 Å². The fraction of sp³-hybridized carbons (Fsp3) is 0.250. The van der Waals surface area contributed by atoms with Crippen LogP contribution in [0, 0.1) is 0 Å². The van der Waals surface area contributed by atoms with E-state index in [1.807, 2.05) is 6.07 Å². The van der Waals surface area contributed by atoms with Gasteiger partial charge in [0, 0.05) is 13.6 Å². The Morgan fingerprint density at radius 2 is 1.59 bits per heavy atom. The lowest BCUT2D eigenvalue weighted by molar-refractivity contribution is 0.0416. The first-order valence-corrected chi connectivity index (χ1v) is 8.21. The second-order valence-corrected chi connectivity index (χ2v) is 7.44. The van der Waals surface area contributed by atoms with Gasteiger partial charge in [-0.1, -0.05) is 30.3 Å². The summed E-state index contributed by atoms with van der Waals surface area (Å²) < 4.78 is 26.1. The van der Waals surface area contributed by atoms with Gasteiger partial charge in [0.25, 0.3) is 0 Å². The maximum Gasteiger partial charge on any atom is 0.242 e. The third-order valence-electron chi connectivity index (χ3n) is 3.47. The first kappa shape index (κ1) is 16.5. The van der Waals surface area contributed by atoms with E-state index in [1.54, 1.807) is 31.2 Å². The summed E-state index contributed by atoms with van der Waals surface area (Å²) in [4.78, 5) is 0.0664. The maximum absolute atomic E-state index is 12.5. The Morgan fingerprint density at radius 1 is 1.05 bits per heavy atom. The number of nitrogens with zero attached hydrogens (tertiary/aromatic N) is 1. The van der Waals surface area contributed by atoms with Crippen LogP contribution in [0.1, 0.15) is 12.5 Å². The lowest BCUT2D eigenvalue weighted by Crippen LogP contribution is -2.39. The average Bonchev–Trinajstić information content (AvgIpc) is 2.48. The zero-order valence-electron chi connectivity index (χ0n) is 12.5. The van der Waals surface area contributed by atoms with E-state index in [9.17, 15) is 18.6 Å². The molecule has 2 aromatic rings. The smallest absolute Gasteiger partial charge is 0.242 e. The van der Waals surface area contributed by atoms with Crippen LogP contribution in [0.2, 0.25) is 0 Å². The molecule has 5 nitrogen and oxygen atoms in total. The van der Waals surface area contributed by atoms with Gasteiger partial charge >= 0.3 is 0 Å². The number of benzene rings is 2. The highest BCUT2D eigenvalue weighted by Crippen LogP contribution is 2.25. The number of rotatable bonds is 5.